The molecule has 0 aromatic rings. The maximum atomic E-state index is 12.0. The Bertz CT molecular complexity index is 339. The summed E-state index contributed by atoms with van der Waals surface area (Å²) in [5, 5.41) is 0. The van der Waals surface area contributed by atoms with Gasteiger partial charge in [0.25, 0.3) is 0 Å². The molecule has 2 saturated carbocycles. The van der Waals surface area contributed by atoms with Crippen molar-refractivity contribution in [2.45, 2.75) is 45.4 Å². The summed E-state index contributed by atoms with van der Waals surface area (Å²) in [6.07, 6.45) is 6.98. The summed E-state index contributed by atoms with van der Waals surface area (Å²) in [5.74, 6) is 0.0408. The standard InChI is InChI=1S/C13H18O3/c1-2-16-12(15)9-10-5-3-7-13(10)8-4-6-11(13)14/h9H,2-8H2,1H3/b10-9-. The number of carbonyl (C=O) groups excluding carboxylic acids is 2. The highest BCUT2D eigenvalue weighted by Gasteiger charge is 2.47. The first-order valence-corrected chi connectivity index (χ1v) is 6.10. The summed E-state index contributed by atoms with van der Waals surface area (Å²) < 4.78 is 4.92. The Balaban J connectivity index is 2.20. The molecular weight excluding hydrogens is 204 g/mol. The van der Waals surface area contributed by atoms with E-state index in [0.29, 0.717) is 18.8 Å². The molecule has 1 spiro atoms. The molecule has 1 unspecified atom stereocenters. The number of ether oxygens (including phenoxy) is 1. The Kier molecular flexibility index (Phi) is 3.13. The summed E-state index contributed by atoms with van der Waals surface area (Å²) in [4.78, 5) is 23.4. The molecule has 0 aliphatic heterocycles. The van der Waals surface area contributed by atoms with Crippen molar-refractivity contribution in [3.63, 3.8) is 0 Å². The third-order valence-corrected chi connectivity index (χ3v) is 3.78. The quantitative estimate of drug-likeness (QED) is 0.532. The van der Waals surface area contributed by atoms with Gasteiger partial charge in [-0.25, -0.2) is 4.79 Å². The largest absolute Gasteiger partial charge is 0.463 e. The lowest BCUT2D eigenvalue weighted by Gasteiger charge is -2.22. The zero-order valence-corrected chi connectivity index (χ0v) is 9.75. The SMILES string of the molecule is CCOC(=O)/C=C1/CCCC12CCCC2=O. The number of hydrogen-bond donors (Lipinski definition) is 0. The molecule has 2 aliphatic rings. The van der Waals surface area contributed by atoms with Crippen LogP contribution in [0.25, 0.3) is 0 Å². The minimum absolute atomic E-state index is 0.285. The molecule has 0 aromatic heterocycles. The summed E-state index contributed by atoms with van der Waals surface area (Å²) >= 11 is 0. The van der Waals surface area contributed by atoms with Crippen molar-refractivity contribution in [1.82, 2.24) is 0 Å². The minimum Gasteiger partial charge on any atom is -0.463 e. The van der Waals surface area contributed by atoms with E-state index < -0.39 is 0 Å². The minimum atomic E-state index is -0.293. The highest BCUT2D eigenvalue weighted by atomic mass is 16.5. The number of rotatable bonds is 2. The second-order valence-electron chi connectivity index (χ2n) is 4.63. The number of esters is 1. The van der Waals surface area contributed by atoms with Crippen molar-refractivity contribution < 1.29 is 14.3 Å². The fourth-order valence-electron chi connectivity index (χ4n) is 3.05. The first-order valence-electron chi connectivity index (χ1n) is 6.10. The average Bonchev–Trinajstić information content (AvgIpc) is 2.78. The molecule has 88 valence electrons. The molecule has 0 saturated heterocycles. The molecule has 0 radical (unpaired) electrons. The lowest BCUT2D eigenvalue weighted by Crippen LogP contribution is -2.24. The second kappa shape index (κ2) is 4.40. The van der Waals surface area contributed by atoms with E-state index in [9.17, 15) is 9.59 Å². The van der Waals surface area contributed by atoms with Crippen LogP contribution in [-0.2, 0) is 14.3 Å². The Morgan fingerprint density at radius 3 is 2.69 bits per heavy atom. The molecule has 1 atom stereocenters. The van der Waals surface area contributed by atoms with Gasteiger partial charge in [-0.2, -0.15) is 0 Å². The zero-order chi connectivity index (χ0) is 11.6. The number of allylic oxidation sites excluding steroid dienone is 1. The molecule has 16 heavy (non-hydrogen) atoms. The number of Topliss-reactive ketones (excluding diaryl/α,β-unsaturated/α-hetero) is 1. The Labute approximate surface area is 95.9 Å². The molecule has 0 bridgehead atoms. The van der Waals surface area contributed by atoms with E-state index in [2.05, 4.69) is 0 Å². The predicted molar refractivity (Wildman–Crippen MR) is 59.9 cm³/mol. The number of ketones is 1. The van der Waals surface area contributed by atoms with Gasteiger partial charge in [-0.3, -0.25) is 4.79 Å². The highest BCUT2D eigenvalue weighted by Crippen LogP contribution is 2.51. The molecule has 2 rings (SSSR count). The zero-order valence-electron chi connectivity index (χ0n) is 9.75. The van der Waals surface area contributed by atoms with Crippen LogP contribution in [0.1, 0.15) is 45.4 Å². The van der Waals surface area contributed by atoms with Crippen LogP contribution in [0.5, 0.6) is 0 Å². The van der Waals surface area contributed by atoms with Crippen molar-refractivity contribution in [1.29, 1.82) is 0 Å². The fourth-order valence-corrected chi connectivity index (χ4v) is 3.05. The van der Waals surface area contributed by atoms with Crippen molar-refractivity contribution in [2.75, 3.05) is 6.61 Å². The molecule has 0 amide bonds. The molecule has 3 heteroatoms. The monoisotopic (exact) mass is 222 g/mol. The number of carbonyl (C=O) groups is 2. The molecule has 3 nitrogen and oxygen atoms in total. The van der Waals surface area contributed by atoms with Gasteiger partial charge >= 0.3 is 5.97 Å². The van der Waals surface area contributed by atoms with Gasteiger partial charge in [0.15, 0.2) is 0 Å². The molecule has 2 fully saturated rings. The molecule has 0 N–H and O–H groups in total. The van der Waals surface area contributed by atoms with E-state index >= 15 is 0 Å². The Morgan fingerprint density at radius 1 is 1.38 bits per heavy atom. The van der Waals surface area contributed by atoms with E-state index in [0.717, 1.165) is 37.7 Å². The molecular formula is C13H18O3. The van der Waals surface area contributed by atoms with Gasteiger partial charge in [0.05, 0.1) is 12.0 Å². The van der Waals surface area contributed by atoms with Gasteiger partial charge in [0, 0.05) is 12.5 Å². The second-order valence-corrected chi connectivity index (χ2v) is 4.63. The third-order valence-electron chi connectivity index (χ3n) is 3.78. The van der Waals surface area contributed by atoms with E-state index in [-0.39, 0.29) is 11.4 Å². The summed E-state index contributed by atoms with van der Waals surface area (Å²) in [6, 6.07) is 0. The maximum absolute atomic E-state index is 12.0. The Morgan fingerprint density at radius 2 is 2.06 bits per heavy atom. The predicted octanol–water partition coefficient (Wildman–Crippen LogP) is 2.40. The third kappa shape index (κ3) is 1.79. The van der Waals surface area contributed by atoms with Gasteiger partial charge < -0.3 is 4.74 Å². The van der Waals surface area contributed by atoms with Gasteiger partial charge in [0.2, 0.25) is 0 Å². The van der Waals surface area contributed by atoms with Gasteiger partial charge in [0.1, 0.15) is 5.78 Å². The van der Waals surface area contributed by atoms with Gasteiger partial charge in [-0.15, -0.1) is 0 Å². The first-order chi connectivity index (χ1) is 7.69. The van der Waals surface area contributed by atoms with Crippen LogP contribution in [0.15, 0.2) is 11.6 Å². The van der Waals surface area contributed by atoms with Crippen molar-refractivity contribution in [3.05, 3.63) is 11.6 Å². The van der Waals surface area contributed by atoms with Gasteiger partial charge in [-0.05, 0) is 44.6 Å². The van der Waals surface area contributed by atoms with Crippen LogP contribution < -0.4 is 0 Å². The highest BCUT2D eigenvalue weighted by molar-refractivity contribution is 5.93. The van der Waals surface area contributed by atoms with Crippen LogP contribution in [0.4, 0.5) is 0 Å². The van der Waals surface area contributed by atoms with E-state index in [1.165, 1.54) is 0 Å². The fraction of sp³-hybridized carbons (Fsp3) is 0.692. The smallest absolute Gasteiger partial charge is 0.330 e. The van der Waals surface area contributed by atoms with Crippen molar-refractivity contribution in [2.24, 2.45) is 5.41 Å². The first kappa shape index (κ1) is 11.4. The van der Waals surface area contributed by atoms with Crippen molar-refractivity contribution >= 4 is 11.8 Å². The van der Waals surface area contributed by atoms with Gasteiger partial charge in [-0.1, -0.05) is 0 Å². The summed E-state index contributed by atoms with van der Waals surface area (Å²) in [7, 11) is 0. The lowest BCUT2D eigenvalue weighted by molar-refractivity contribution is -0.137. The van der Waals surface area contributed by atoms with E-state index in [1.54, 1.807) is 13.0 Å². The normalized spacial score (nSPS) is 31.6. The van der Waals surface area contributed by atoms with E-state index in [1.807, 2.05) is 0 Å². The topological polar surface area (TPSA) is 43.4 Å². The molecule has 2 aliphatic carbocycles. The number of hydrogen-bond acceptors (Lipinski definition) is 3. The van der Waals surface area contributed by atoms with Crippen LogP contribution in [0.2, 0.25) is 0 Å². The average molecular weight is 222 g/mol. The Hall–Kier alpha value is -1.12. The van der Waals surface area contributed by atoms with Crippen LogP contribution in [0.3, 0.4) is 0 Å². The van der Waals surface area contributed by atoms with Crippen molar-refractivity contribution in [3.8, 4) is 0 Å². The maximum Gasteiger partial charge on any atom is 0.330 e. The van der Waals surface area contributed by atoms with Crippen LogP contribution >= 0.6 is 0 Å². The van der Waals surface area contributed by atoms with Crippen LogP contribution in [0, 0.1) is 5.41 Å². The van der Waals surface area contributed by atoms with E-state index in [4.69, 9.17) is 4.74 Å². The summed E-state index contributed by atoms with van der Waals surface area (Å²) in [5.41, 5.74) is 0.737. The lowest BCUT2D eigenvalue weighted by atomic mass is 9.79. The summed E-state index contributed by atoms with van der Waals surface area (Å²) in [6.45, 7) is 2.19. The molecule has 0 heterocycles. The molecule has 0 aromatic carbocycles. The van der Waals surface area contributed by atoms with Crippen LogP contribution in [-0.4, -0.2) is 18.4 Å².